The van der Waals surface area contributed by atoms with Gasteiger partial charge in [0.05, 0.1) is 6.04 Å². The van der Waals surface area contributed by atoms with Crippen LogP contribution in [-0.4, -0.2) is 34.4 Å². The molecule has 1 atom stereocenters. The van der Waals surface area contributed by atoms with Crippen molar-refractivity contribution in [1.29, 1.82) is 0 Å². The van der Waals surface area contributed by atoms with Gasteiger partial charge in [-0.1, -0.05) is 35.5 Å². The Labute approximate surface area is 137 Å². The van der Waals surface area contributed by atoms with Gasteiger partial charge in [-0.2, -0.15) is 18.2 Å². The molecule has 1 aliphatic heterocycles. The molecule has 0 unspecified atom stereocenters. The molecule has 1 aliphatic rings. The van der Waals surface area contributed by atoms with E-state index >= 15 is 0 Å². The minimum absolute atomic E-state index is 0.00549. The standard InChI is InChI=1S/C16H18F3N3O2/c17-16(18,19)11-23-10-14-20-15(24-21-14)13-7-4-8-22(13)9-12-5-2-1-3-6-12/h1-3,5-6,13H,4,7-11H2/t13-/m0/s1. The number of likely N-dealkylation sites (tertiary alicyclic amines) is 1. The van der Waals surface area contributed by atoms with Crippen LogP contribution >= 0.6 is 0 Å². The molecule has 2 heterocycles. The lowest BCUT2D eigenvalue weighted by Gasteiger charge is -2.21. The average molecular weight is 341 g/mol. The van der Waals surface area contributed by atoms with Gasteiger partial charge in [0.1, 0.15) is 13.2 Å². The average Bonchev–Trinajstić information content (AvgIpc) is 3.16. The summed E-state index contributed by atoms with van der Waals surface area (Å²) < 4.78 is 46.0. The second-order valence-electron chi connectivity index (χ2n) is 5.77. The smallest absolute Gasteiger partial charge is 0.364 e. The van der Waals surface area contributed by atoms with Gasteiger partial charge in [-0.3, -0.25) is 4.90 Å². The quantitative estimate of drug-likeness (QED) is 0.805. The van der Waals surface area contributed by atoms with Crippen molar-refractivity contribution in [3.05, 3.63) is 47.6 Å². The van der Waals surface area contributed by atoms with Gasteiger partial charge in [0.25, 0.3) is 0 Å². The van der Waals surface area contributed by atoms with E-state index in [-0.39, 0.29) is 18.5 Å². The molecule has 130 valence electrons. The summed E-state index contributed by atoms with van der Waals surface area (Å²) >= 11 is 0. The van der Waals surface area contributed by atoms with Crippen molar-refractivity contribution in [2.24, 2.45) is 0 Å². The van der Waals surface area contributed by atoms with Gasteiger partial charge < -0.3 is 9.26 Å². The zero-order valence-electron chi connectivity index (χ0n) is 13.0. The first-order valence-electron chi connectivity index (χ1n) is 7.76. The van der Waals surface area contributed by atoms with Crippen molar-refractivity contribution < 1.29 is 22.4 Å². The van der Waals surface area contributed by atoms with E-state index in [1.165, 1.54) is 5.56 Å². The fourth-order valence-corrected chi connectivity index (χ4v) is 2.83. The fraction of sp³-hybridized carbons (Fsp3) is 0.500. The normalized spacial score (nSPS) is 19.0. The Bertz CT molecular complexity index is 646. The molecule has 0 spiro atoms. The molecule has 24 heavy (non-hydrogen) atoms. The molecule has 0 aliphatic carbocycles. The second kappa shape index (κ2) is 7.31. The summed E-state index contributed by atoms with van der Waals surface area (Å²) in [6.45, 7) is 0.0600. The molecule has 1 aromatic carbocycles. The zero-order valence-corrected chi connectivity index (χ0v) is 13.0. The van der Waals surface area contributed by atoms with Gasteiger partial charge >= 0.3 is 6.18 Å². The third-order valence-electron chi connectivity index (χ3n) is 3.86. The summed E-state index contributed by atoms with van der Waals surface area (Å²) in [5.41, 5.74) is 1.19. The highest BCUT2D eigenvalue weighted by Crippen LogP contribution is 2.32. The summed E-state index contributed by atoms with van der Waals surface area (Å²) in [5, 5.41) is 3.72. The van der Waals surface area contributed by atoms with E-state index in [2.05, 4.69) is 31.9 Å². The lowest BCUT2D eigenvalue weighted by Crippen LogP contribution is -2.23. The molecule has 0 saturated carbocycles. The molecule has 0 radical (unpaired) electrons. The van der Waals surface area contributed by atoms with Crippen molar-refractivity contribution in [1.82, 2.24) is 15.0 Å². The number of benzene rings is 1. The second-order valence-corrected chi connectivity index (χ2v) is 5.77. The van der Waals surface area contributed by atoms with E-state index in [0.29, 0.717) is 5.89 Å². The Morgan fingerprint density at radius 3 is 2.79 bits per heavy atom. The van der Waals surface area contributed by atoms with E-state index in [1.807, 2.05) is 18.2 Å². The highest BCUT2D eigenvalue weighted by molar-refractivity contribution is 5.15. The SMILES string of the molecule is FC(F)(F)COCc1noc([C@@H]2CCCN2Cc2ccccc2)n1. The van der Waals surface area contributed by atoms with Crippen molar-refractivity contribution in [2.45, 2.75) is 38.2 Å². The summed E-state index contributed by atoms with van der Waals surface area (Å²) in [4.78, 5) is 6.43. The van der Waals surface area contributed by atoms with E-state index < -0.39 is 12.8 Å². The summed E-state index contributed by atoms with van der Waals surface area (Å²) in [6, 6.07) is 10.1. The van der Waals surface area contributed by atoms with Crippen molar-refractivity contribution in [3.8, 4) is 0 Å². The first kappa shape index (κ1) is 16.9. The Kier molecular flexibility index (Phi) is 5.15. The van der Waals surface area contributed by atoms with Gasteiger partial charge in [0.15, 0.2) is 5.82 Å². The molecule has 3 rings (SSSR count). The van der Waals surface area contributed by atoms with Crippen LogP contribution < -0.4 is 0 Å². The minimum Gasteiger partial charge on any atom is -0.364 e. The van der Waals surface area contributed by atoms with Crippen molar-refractivity contribution >= 4 is 0 Å². The number of rotatable bonds is 6. The third kappa shape index (κ3) is 4.55. The maximum absolute atomic E-state index is 12.1. The molecule has 0 bridgehead atoms. The number of aromatic nitrogens is 2. The summed E-state index contributed by atoms with van der Waals surface area (Å²) in [5.74, 6) is 0.579. The highest BCUT2D eigenvalue weighted by atomic mass is 19.4. The van der Waals surface area contributed by atoms with Crippen LogP contribution in [0.25, 0.3) is 0 Å². The zero-order chi connectivity index (χ0) is 17.0. The van der Waals surface area contributed by atoms with E-state index in [0.717, 1.165) is 25.9 Å². The monoisotopic (exact) mass is 341 g/mol. The lowest BCUT2D eigenvalue weighted by molar-refractivity contribution is -0.177. The van der Waals surface area contributed by atoms with Crippen LogP contribution in [0.4, 0.5) is 13.2 Å². The maximum Gasteiger partial charge on any atom is 0.411 e. The Hall–Kier alpha value is -1.93. The molecule has 1 saturated heterocycles. The molecule has 8 heteroatoms. The lowest BCUT2D eigenvalue weighted by atomic mass is 10.2. The van der Waals surface area contributed by atoms with Gasteiger partial charge in [0.2, 0.25) is 5.89 Å². The number of nitrogens with zero attached hydrogens (tertiary/aromatic N) is 3. The number of alkyl halides is 3. The summed E-state index contributed by atoms with van der Waals surface area (Å²) in [6.07, 6.45) is -2.46. The number of hydrogen-bond donors (Lipinski definition) is 0. The number of hydrogen-bond acceptors (Lipinski definition) is 5. The van der Waals surface area contributed by atoms with Gasteiger partial charge in [-0.25, -0.2) is 0 Å². The largest absolute Gasteiger partial charge is 0.411 e. The van der Waals surface area contributed by atoms with Crippen molar-refractivity contribution in [3.63, 3.8) is 0 Å². The molecule has 0 amide bonds. The predicted octanol–water partition coefficient (Wildman–Crippen LogP) is 3.49. The molecule has 1 fully saturated rings. The van der Waals surface area contributed by atoms with E-state index in [9.17, 15) is 13.2 Å². The van der Waals surface area contributed by atoms with Gasteiger partial charge in [0, 0.05) is 6.54 Å². The highest BCUT2D eigenvalue weighted by Gasteiger charge is 2.31. The number of ether oxygens (including phenoxy) is 1. The van der Waals surface area contributed by atoms with Crippen LogP contribution in [0.5, 0.6) is 0 Å². The van der Waals surface area contributed by atoms with Crippen LogP contribution in [0.15, 0.2) is 34.9 Å². The Morgan fingerprint density at radius 1 is 1.25 bits per heavy atom. The Balaban J connectivity index is 1.59. The first-order valence-corrected chi connectivity index (χ1v) is 7.76. The maximum atomic E-state index is 12.1. The van der Waals surface area contributed by atoms with E-state index in [1.54, 1.807) is 0 Å². The molecule has 2 aromatic rings. The Morgan fingerprint density at radius 2 is 2.04 bits per heavy atom. The predicted molar refractivity (Wildman–Crippen MR) is 78.8 cm³/mol. The van der Waals surface area contributed by atoms with Crippen LogP contribution in [0.2, 0.25) is 0 Å². The molecule has 0 N–H and O–H groups in total. The molecular weight excluding hydrogens is 323 g/mol. The number of halogens is 3. The molecular formula is C16H18F3N3O2. The van der Waals surface area contributed by atoms with Gasteiger partial charge in [-0.15, -0.1) is 0 Å². The topological polar surface area (TPSA) is 51.4 Å². The fourth-order valence-electron chi connectivity index (χ4n) is 2.83. The van der Waals surface area contributed by atoms with Crippen LogP contribution in [0.1, 0.15) is 36.2 Å². The first-order chi connectivity index (χ1) is 11.5. The molecule has 1 aromatic heterocycles. The van der Waals surface area contributed by atoms with Gasteiger partial charge in [-0.05, 0) is 24.9 Å². The van der Waals surface area contributed by atoms with Crippen molar-refractivity contribution in [2.75, 3.05) is 13.2 Å². The molecule has 5 nitrogen and oxygen atoms in total. The summed E-state index contributed by atoms with van der Waals surface area (Å²) in [7, 11) is 0. The van der Waals surface area contributed by atoms with E-state index in [4.69, 9.17) is 4.52 Å². The van der Waals surface area contributed by atoms with Crippen LogP contribution in [0.3, 0.4) is 0 Å². The third-order valence-corrected chi connectivity index (χ3v) is 3.86. The van der Waals surface area contributed by atoms with Crippen LogP contribution in [-0.2, 0) is 17.9 Å². The minimum atomic E-state index is -4.36. The van der Waals surface area contributed by atoms with Crippen LogP contribution in [0, 0.1) is 0 Å².